The molecule has 0 amide bonds. The van der Waals surface area contributed by atoms with Crippen LogP contribution in [0.3, 0.4) is 0 Å². The van der Waals surface area contributed by atoms with Crippen LogP contribution in [-0.4, -0.2) is 20.3 Å². The molecule has 4 heteroatoms. The molecule has 0 radical (unpaired) electrons. The lowest BCUT2D eigenvalue weighted by Gasteiger charge is -2.42. The van der Waals surface area contributed by atoms with Crippen molar-refractivity contribution in [3.05, 3.63) is 22.2 Å². The molecule has 18 heavy (non-hydrogen) atoms. The fraction of sp³-hybridized carbons (Fsp3) is 0.571. The van der Waals surface area contributed by atoms with Gasteiger partial charge in [-0.1, -0.05) is 18.0 Å². The van der Waals surface area contributed by atoms with Crippen LogP contribution in [0.1, 0.15) is 30.4 Å². The first-order valence-corrected chi connectivity index (χ1v) is 6.82. The second-order valence-electron chi connectivity index (χ2n) is 5.18. The minimum absolute atomic E-state index is 0.0575. The van der Waals surface area contributed by atoms with Gasteiger partial charge in [0.2, 0.25) is 0 Å². The van der Waals surface area contributed by atoms with Gasteiger partial charge < -0.3 is 15.2 Å². The quantitative estimate of drug-likeness (QED) is 0.916. The van der Waals surface area contributed by atoms with Crippen LogP contribution in [0.4, 0.5) is 0 Å². The Bertz CT molecular complexity index is 478. The Hall–Kier alpha value is -0.930. The summed E-state index contributed by atoms with van der Waals surface area (Å²) in [5.74, 6) is 1.61. The minimum Gasteiger partial charge on any atom is -0.493 e. The molecule has 1 aliphatic heterocycles. The molecule has 1 heterocycles. The summed E-state index contributed by atoms with van der Waals surface area (Å²) in [6.07, 6.45) is 4.32. The maximum atomic E-state index is 6.57. The highest BCUT2D eigenvalue weighted by Gasteiger charge is 2.41. The lowest BCUT2D eigenvalue weighted by molar-refractivity contribution is 0.251. The molecule has 98 valence electrons. The van der Waals surface area contributed by atoms with Gasteiger partial charge in [-0.05, 0) is 24.5 Å². The van der Waals surface area contributed by atoms with Crippen molar-refractivity contribution >= 4 is 11.6 Å². The van der Waals surface area contributed by atoms with Crippen molar-refractivity contribution in [2.24, 2.45) is 5.73 Å². The number of hydrogen-bond donors (Lipinski definition) is 1. The number of halogens is 1. The van der Waals surface area contributed by atoms with Crippen LogP contribution in [-0.2, 0) is 11.8 Å². The normalized spacial score (nSPS) is 19.9. The summed E-state index contributed by atoms with van der Waals surface area (Å²) in [5.41, 5.74) is 8.27. The molecule has 1 aliphatic carbocycles. The first-order chi connectivity index (χ1) is 8.72. The van der Waals surface area contributed by atoms with Gasteiger partial charge in [-0.3, -0.25) is 0 Å². The van der Waals surface area contributed by atoms with Gasteiger partial charge in [-0.15, -0.1) is 0 Å². The molecule has 3 rings (SSSR count). The number of methoxy groups -OCH3 is 1. The van der Waals surface area contributed by atoms with E-state index in [9.17, 15) is 0 Å². The van der Waals surface area contributed by atoms with Gasteiger partial charge in [0.1, 0.15) is 0 Å². The molecule has 0 atom stereocenters. The molecule has 0 aromatic heterocycles. The van der Waals surface area contributed by atoms with Crippen molar-refractivity contribution in [2.75, 3.05) is 20.3 Å². The summed E-state index contributed by atoms with van der Waals surface area (Å²) in [5, 5.41) is 0.841. The zero-order chi connectivity index (χ0) is 12.8. The summed E-state index contributed by atoms with van der Waals surface area (Å²) >= 11 is 6.57. The fourth-order valence-electron chi connectivity index (χ4n) is 3.03. The Labute approximate surface area is 112 Å². The number of benzene rings is 1. The zero-order valence-electron chi connectivity index (χ0n) is 10.6. The third-order valence-corrected chi connectivity index (χ3v) is 4.80. The molecular formula is C14H18ClNO2. The van der Waals surface area contributed by atoms with E-state index in [1.807, 2.05) is 6.07 Å². The van der Waals surface area contributed by atoms with Crippen LogP contribution >= 0.6 is 11.6 Å². The molecule has 2 N–H and O–H groups in total. The largest absolute Gasteiger partial charge is 0.493 e. The fourth-order valence-corrected chi connectivity index (χ4v) is 3.47. The predicted octanol–water partition coefficient (Wildman–Crippen LogP) is 2.66. The minimum atomic E-state index is 0.0575. The number of fused-ring (bicyclic) bond motifs is 1. The van der Waals surface area contributed by atoms with Gasteiger partial charge >= 0.3 is 0 Å². The van der Waals surface area contributed by atoms with Crippen LogP contribution in [0, 0.1) is 0 Å². The summed E-state index contributed by atoms with van der Waals surface area (Å²) in [7, 11) is 1.67. The highest BCUT2D eigenvalue weighted by molar-refractivity contribution is 6.32. The molecule has 1 aromatic carbocycles. The van der Waals surface area contributed by atoms with Crippen LogP contribution in [0.5, 0.6) is 11.5 Å². The molecule has 3 nitrogen and oxygen atoms in total. The Balaban J connectivity index is 2.15. The van der Waals surface area contributed by atoms with Crippen molar-refractivity contribution in [1.82, 2.24) is 0 Å². The first kappa shape index (κ1) is 12.1. The summed E-state index contributed by atoms with van der Waals surface area (Å²) in [6, 6.07) is 2.03. The summed E-state index contributed by atoms with van der Waals surface area (Å²) in [4.78, 5) is 0. The number of rotatable bonds is 3. The Morgan fingerprint density at radius 2 is 2.28 bits per heavy atom. The topological polar surface area (TPSA) is 44.5 Å². The van der Waals surface area contributed by atoms with E-state index < -0.39 is 0 Å². The van der Waals surface area contributed by atoms with Crippen molar-refractivity contribution in [1.29, 1.82) is 0 Å². The lowest BCUT2D eigenvalue weighted by Crippen LogP contribution is -2.41. The summed E-state index contributed by atoms with van der Waals surface area (Å²) < 4.78 is 11.1. The van der Waals surface area contributed by atoms with Crippen molar-refractivity contribution in [2.45, 2.75) is 31.1 Å². The summed E-state index contributed by atoms with van der Waals surface area (Å²) in [6.45, 7) is 1.33. The van der Waals surface area contributed by atoms with Gasteiger partial charge in [0.05, 0.1) is 18.7 Å². The number of hydrogen-bond acceptors (Lipinski definition) is 3. The molecule has 0 saturated heterocycles. The Morgan fingerprint density at radius 1 is 1.50 bits per heavy atom. The average Bonchev–Trinajstić information content (AvgIpc) is 2.81. The van der Waals surface area contributed by atoms with Gasteiger partial charge in [0, 0.05) is 23.9 Å². The zero-order valence-corrected chi connectivity index (χ0v) is 11.3. The van der Waals surface area contributed by atoms with Gasteiger partial charge in [-0.2, -0.15) is 0 Å². The highest BCUT2D eigenvalue weighted by atomic mass is 35.5. The number of ether oxygens (including phenoxy) is 2. The van der Waals surface area contributed by atoms with E-state index in [2.05, 4.69) is 0 Å². The Kier molecular flexibility index (Phi) is 2.91. The number of nitrogens with two attached hydrogens (primary N) is 1. The first-order valence-electron chi connectivity index (χ1n) is 6.44. The van der Waals surface area contributed by atoms with Crippen LogP contribution < -0.4 is 15.2 Å². The molecule has 1 saturated carbocycles. The van der Waals surface area contributed by atoms with Crippen molar-refractivity contribution in [3.63, 3.8) is 0 Å². The SMILES string of the molecule is COc1cc(C2(CN)CCC2)c(Cl)c2c1OCC2. The molecule has 0 spiro atoms. The lowest BCUT2D eigenvalue weighted by atomic mass is 9.64. The molecule has 1 fully saturated rings. The van der Waals surface area contributed by atoms with Crippen LogP contribution in [0.25, 0.3) is 0 Å². The van der Waals surface area contributed by atoms with Gasteiger partial charge in [0.15, 0.2) is 11.5 Å². The van der Waals surface area contributed by atoms with Crippen molar-refractivity contribution in [3.8, 4) is 11.5 Å². The van der Waals surface area contributed by atoms with E-state index in [0.717, 1.165) is 46.9 Å². The highest BCUT2D eigenvalue weighted by Crippen LogP contribution is 2.51. The second-order valence-corrected chi connectivity index (χ2v) is 5.56. The maximum absolute atomic E-state index is 6.57. The molecular weight excluding hydrogens is 250 g/mol. The smallest absolute Gasteiger partial charge is 0.165 e. The van der Waals surface area contributed by atoms with E-state index in [1.54, 1.807) is 7.11 Å². The van der Waals surface area contributed by atoms with Crippen LogP contribution in [0.15, 0.2) is 6.07 Å². The molecule has 0 unspecified atom stereocenters. The molecule has 1 aromatic rings. The van der Waals surface area contributed by atoms with Gasteiger partial charge in [-0.25, -0.2) is 0 Å². The molecule has 0 bridgehead atoms. The van der Waals surface area contributed by atoms with E-state index in [-0.39, 0.29) is 5.41 Å². The van der Waals surface area contributed by atoms with E-state index in [4.69, 9.17) is 26.8 Å². The Morgan fingerprint density at radius 3 is 2.83 bits per heavy atom. The third-order valence-electron chi connectivity index (χ3n) is 4.37. The standard InChI is InChI=1S/C14H18ClNO2/c1-17-11-7-10(14(8-16)4-2-5-14)12(15)9-3-6-18-13(9)11/h7H,2-6,8,16H2,1H3. The van der Waals surface area contributed by atoms with Crippen LogP contribution in [0.2, 0.25) is 5.02 Å². The second kappa shape index (κ2) is 4.32. The predicted molar refractivity (Wildman–Crippen MR) is 71.8 cm³/mol. The van der Waals surface area contributed by atoms with E-state index in [1.165, 1.54) is 6.42 Å². The van der Waals surface area contributed by atoms with Gasteiger partial charge in [0.25, 0.3) is 0 Å². The van der Waals surface area contributed by atoms with Crippen molar-refractivity contribution < 1.29 is 9.47 Å². The third kappa shape index (κ3) is 1.54. The van der Waals surface area contributed by atoms with E-state index >= 15 is 0 Å². The average molecular weight is 268 g/mol. The molecule has 2 aliphatic rings. The van der Waals surface area contributed by atoms with E-state index in [0.29, 0.717) is 13.2 Å². The maximum Gasteiger partial charge on any atom is 0.165 e. The monoisotopic (exact) mass is 267 g/mol.